The number of aryl methyl sites for hydroxylation is 2. The van der Waals surface area contributed by atoms with Gasteiger partial charge < -0.3 is 5.32 Å². The van der Waals surface area contributed by atoms with Gasteiger partial charge >= 0.3 is 5.69 Å². The molecule has 18 heavy (non-hydrogen) atoms. The molecule has 0 saturated carbocycles. The first kappa shape index (κ1) is 14.9. The molecule has 0 saturated heterocycles. The van der Waals surface area contributed by atoms with E-state index < -0.39 is 0 Å². The van der Waals surface area contributed by atoms with E-state index in [0.29, 0.717) is 18.5 Å². The molecule has 0 fully saturated rings. The maximum absolute atomic E-state index is 11.9. The quantitative estimate of drug-likeness (QED) is 0.840. The van der Waals surface area contributed by atoms with E-state index in [2.05, 4.69) is 31.1 Å². The van der Waals surface area contributed by atoms with Crippen molar-refractivity contribution in [3.05, 3.63) is 27.9 Å². The molecule has 1 atom stereocenters. The monoisotopic (exact) mass is 251 g/mol. The van der Waals surface area contributed by atoms with Crippen LogP contribution < -0.4 is 11.0 Å². The molecule has 102 valence electrons. The lowest BCUT2D eigenvalue weighted by Gasteiger charge is -2.24. The molecular formula is C14H25N3O. The van der Waals surface area contributed by atoms with Gasteiger partial charge in [0.2, 0.25) is 0 Å². The highest BCUT2D eigenvalue weighted by atomic mass is 16.1. The molecule has 1 N–H and O–H groups in total. The molecular weight excluding hydrogens is 226 g/mol. The number of nitrogens with one attached hydrogen (secondary N) is 1. The summed E-state index contributed by atoms with van der Waals surface area (Å²) in [5, 5.41) is 3.50. The Hall–Kier alpha value is -1.16. The molecule has 4 nitrogen and oxygen atoms in total. The van der Waals surface area contributed by atoms with Crippen molar-refractivity contribution in [1.29, 1.82) is 0 Å². The maximum Gasteiger partial charge on any atom is 0.348 e. The lowest BCUT2D eigenvalue weighted by molar-refractivity contribution is 0.347. The summed E-state index contributed by atoms with van der Waals surface area (Å²) in [6.07, 6.45) is 1.10. The summed E-state index contributed by atoms with van der Waals surface area (Å²) in [4.78, 5) is 15.9. The minimum absolute atomic E-state index is 0.142. The van der Waals surface area contributed by atoms with E-state index >= 15 is 0 Å². The van der Waals surface area contributed by atoms with Crippen molar-refractivity contribution in [3.8, 4) is 0 Å². The third kappa shape index (κ3) is 3.95. The minimum atomic E-state index is -0.142. The van der Waals surface area contributed by atoms with Crippen LogP contribution in [0.1, 0.15) is 38.6 Å². The lowest BCUT2D eigenvalue weighted by atomic mass is 10.0. The van der Waals surface area contributed by atoms with E-state index in [1.165, 1.54) is 0 Å². The van der Waals surface area contributed by atoms with Crippen LogP contribution in [0.3, 0.4) is 0 Å². The summed E-state index contributed by atoms with van der Waals surface area (Å²) in [7, 11) is 0. The van der Waals surface area contributed by atoms with Gasteiger partial charge in [0.1, 0.15) is 0 Å². The molecule has 1 heterocycles. The van der Waals surface area contributed by atoms with Crippen molar-refractivity contribution >= 4 is 0 Å². The molecule has 0 spiro atoms. The second-order valence-electron chi connectivity index (χ2n) is 5.24. The molecule has 1 aromatic heterocycles. The number of nitrogens with zero attached hydrogens (tertiary/aromatic N) is 2. The molecule has 1 unspecified atom stereocenters. The third-order valence-corrected chi connectivity index (χ3v) is 3.19. The van der Waals surface area contributed by atoms with Crippen molar-refractivity contribution < 1.29 is 0 Å². The van der Waals surface area contributed by atoms with Crippen LogP contribution in [0, 0.1) is 19.8 Å². The van der Waals surface area contributed by atoms with Gasteiger partial charge in [-0.2, -0.15) is 4.98 Å². The van der Waals surface area contributed by atoms with E-state index in [-0.39, 0.29) is 5.69 Å². The topological polar surface area (TPSA) is 46.9 Å². The third-order valence-electron chi connectivity index (χ3n) is 3.19. The first-order chi connectivity index (χ1) is 8.45. The van der Waals surface area contributed by atoms with Crippen LogP contribution in [-0.2, 0) is 6.54 Å². The van der Waals surface area contributed by atoms with Crippen LogP contribution in [0.4, 0.5) is 0 Å². The van der Waals surface area contributed by atoms with E-state index in [1.54, 1.807) is 4.57 Å². The maximum atomic E-state index is 11.9. The molecule has 0 aromatic carbocycles. The zero-order chi connectivity index (χ0) is 13.7. The Kier molecular flexibility index (Phi) is 5.54. The Morgan fingerprint density at radius 1 is 1.39 bits per heavy atom. The first-order valence-electron chi connectivity index (χ1n) is 6.74. The molecule has 0 amide bonds. The van der Waals surface area contributed by atoms with Gasteiger partial charge in [-0.25, -0.2) is 4.79 Å². The van der Waals surface area contributed by atoms with Crippen LogP contribution in [-0.4, -0.2) is 22.1 Å². The van der Waals surface area contributed by atoms with E-state index in [4.69, 9.17) is 0 Å². The number of hydrogen-bond donors (Lipinski definition) is 1. The van der Waals surface area contributed by atoms with E-state index in [0.717, 1.165) is 24.4 Å². The number of aromatic nitrogens is 2. The summed E-state index contributed by atoms with van der Waals surface area (Å²) in [5.41, 5.74) is 1.63. The largest absolute Gasteiger partial charge is 0.348 e. The molecule has 0 aliphatic carbocycles. The fourth-order valence-electron chi connectivity index (χ4n) is 2.03. The summed E-state index contributed by atoms with van der Waals surface area (Å²) in [5.74, 6) is 0.490. The Labute approximate surface area is 109 Å². The molecule has 0 bridgehead atoms. The Morgan fingerprint density at radius 2 is 2.06 bits per heavy atom. The van der Waals surface area contributed by atoms with Gasteiger partial charge in [0.05, 0.1) is 0 Å². The molecule has 4 heteroatoms. The second kappa shape index (κ2) is 6.69. The number of hydrogen-bond acceptors (Lipinski definition) is 3. The van der Waals surface area contributed by atoms with Crippen molar-refractivity contribution in [3.63, 3.8) is 0 Å². The average molecular weight is 251 g/mol. The smallest absolute Gasteiger partial charge is 0.312 e. The highest BCUT2D eigenvalue weighted by Gasteiger charge is 2.15. The number of rotatable bonds is 6. The summed E-state index contributed by atoms with van der Waals surface area (Å²) in [6.45, 7) is 12.0. The van der Waals surface area contributed by atoms with Crippen molar-refractivity contribution in [2.45, 2.75) is 53.6 Å². The summed E-state index contributed by atoms with van der Waals surface area (Å²) < 4.78 is 1.76. The Balaban J connectivity index is 2.90. The minimum Gasteiger partial charge on any atom is -0.312 e. The van der Waals surface area contributed by atoms with E-state index in [1.807, 2.05) is 19.9 Å². The van der Waals surface area contributed by atoms with Gasteiger partial charge in [-0.1, -0.05) is 20.8 Å². The Bertz CT molecular complexity index is 437. The van der Waals surface area contributed by atoms with Gasteiger partial charge in [-0.05, 0) is 38.8 Å². The fourth-order valence-corrected chi connectivity index (χ4v) is 2.03. The molecule has 0 aliphatic heterocycles. The van der Waals surface area contributed by atoms with Gasteiger partial charge in [0, 0.05) is 24.0 Å². The predicted octanol–water partition coefficient (Wildman–Crippen LogP) is 1.88. The molecule has 1 aromatic rings. The SMILES string of the molecule is CCCNC(Cn1c(C)cc(C)nc1=O)C(C)C. The van der Waals surface area contributed by atoms with Crippen molar-refractivity contribution in [2.75, 3.05) is 6.54 Å². The van der Waals surface area contributed by atoms with Gasteiger partial charge in [0.15, 0.2) is 0 Å². The van der Waals surface area contributed by atoms with Gasteiger partial charge in [-0.3, -0.25) is 4.57 Å². The summed E-state index contributed by atoms with van der Waals surface area (Å²) >= 11 is 0. The second-order valence-corrected chi connectivity index (χ2v) is 5.24. The molecule has 0 aliphatic rings. The first-order valence-corrected chi connectivity index (χ1v) is 6.74. The van der Waals surface area contributed by atoms with Crippen LogP contribution in [0.5, 0.6) is 0 Å². The van der Waals surface area contributed by atoms with Gasteiger partial charge in [0.25, 0.3) is 0 Å². The van der Waals surface area contributed by atoms with Crippen molar-refractivity contribution in [1.82, 2.24) is 14.9 Å². The van der Waals surface area contributed by atoms with Crippen LogP contribution in [0.2, 0.25) is 0 Å². The average Bonchev–Trinajstić information content (AvgIpc) is 2.26. The van der Waals surface area contributed by atoms with Crippen LogP contribution in [0.15, 0.2) is 10.9 Å². The zero-order valence-corrected chi connectivity index (χ0v) is 12.2. The Morgan fingerprint density at radius 3 is 2.56 bits per heavy atom. The molecule has 1 rings (SSSR count). The van der Waals surface area contributed by atoms with Crippen LogP contribution in [0.25, 0.3) is 0 Å². The van der Waals surface area contributed by atoms with Crippen LogP contribution >= 0.6 is 0 Å². The highest BCUT2D eigenvalue weighted by Crippen LogP contribution is 2.06. The van der Waals surface area contributed by atoms with Crippen molar-refractivity contribution in [2.24, 2.45) is 5.92 Å². The molecule has 0 radical (unpaired) electrons. The summed E-state index contributed by atoms with van der Waals surface area (Å²) in [6, 6.07) is 2.27. The fraction of sp³-hybridized carbons (Fsp3) is 0.714. The lowest BCUT2D eigenvalue weighted by Crippen LogP contribution is -2.41. The normalized spacial score (nSPS) is 13.0. The van der Waals surface area contributed by atoms with Gasteiger partial charge in [-0.15, -0.1) is 0 Å². The highest BCUT2D eigenvalue weighted by molar-refractivity contribution is 5.06. The predicted molar refractivity (Wildman–Crippen MR) is 74.9 cm³/mol. The zero-order valence-electron chi connectivity index (χ0n) is 12.2. The van der Waals surface area contributed by atoms with E-state index in [9.17, 15) is 4.79 Å². The standard InChI is InChI=1S/C14H25N3O/c1-6-7-15-13(10(2)3)9-17-12(5)8-11(4)16-14(17)18/h8,10,13,15H,6-7,9H2,1-5H3.